The van der Waals surface area contributed by atoms with Crippen molar-refractivity contribution in [2.45, 2.75) is 46.1 Å². The predicted octanol–water partition coefficient (Wildman–Crippen LogP) is 4.10. The van der Waals surface area contributed by atoms with E-state index in [-0.39, 0.29) is 11.4 Å². The number of benzene rings is 1. The number of hydrogen-bond donors (Lipinski definition) is 0. The van der Waals surface area contributed by atoms with Gasteiger partial charge in [-0.15, -0.1) is 0 Å². The topological polar surface area (TPSA) is 27.0 Å². The molecule has 0 aliphatic carbocycles. The molecule has 19 heavy (non-hydrogen) atoms. The summed E-state index contributed by atoms with van der Waals surface area (Å²) < 4.78 is 14.0. The zero-order valence-corrected chi connectivity index (χ0v) is 12.0. The summed E-state index contributed by atoms with van der Waals surface area (Å²) in [6, 6.07) is 6.97. The lowest BCUT2D eigenvalue weighted by atomic mass is 10.1. The van der Waals surface area contributed by atoms with Crippen LogP contribution in [0.15, 0.2) is 18.2 Å². The van der Waals surface area contributed by atoms with E-state index in [0.29, 0.717) is 12.1 Å². The number of nitrogens with zero attached hydrogens (tertiary/aromatic N) is 2. The molecule has 0 bridgehead atoms. The first kappa shape index (κ1) is 15.7. The summed E-state index contributed by atoms with van der Waals surface area (Å²) in [6.45, 7) is 6.91. The van der Waals surface area contributed by atoms with Gasteiger partial charge in [0.05, 0.1) is 5.56 Å². The highest BCUT2D eigenvalue weighted by Gasteiger charge is 2.11. The Hall–Kier alpha value is -1.40. The van der Waals surface area contributed by atoms with E-state index in [1.54, 1.807) is 12.1 Å². The van der Waals surface area contributed by atoms with Crippen molar-refractivity contribution < 1.29 is 4.39 Å². The zero-order valence-electron chi connectivity index (χ0n) is 12.0. The molecule has 0 fully saturated rings. The van der Waals surface area contributed by atoms with E-state index < -0.39 is 0 Å². The molecule has 0 N–H and O–H groups in total. The molecule has 1 aromatic carbocycles. The maximum absolute atomic E-state index is 14.0. The van der Waals surface area contributed by atoms with Crippen LogP contribution in [0.5, 0.6) is 0 Å². The fourth-order valence-corrected chi connectivity index (χ4v) is 2.06. The Morgan fingerprint density at radius 1 is 1.16 bits per heavy atom. The van der Waals surface area contributed by atoms with Gasteiger partial charge in [-0.2, -0.15) is 5.26 Å². The Kier molecular flexibility index (Phi) is 7.14. The molecular weight excluding hydrogens is 239 g/mol. The molecule has 0 saturated heterocycles. The van der Waals surface area contributed by atoms with Crippen molar-refractivity contribution in [2.24, 2.45) is 0 Å². The summed E-state index contributed by atoms with van der Waals surface area (Å²) in [6.07, 6.45) is 4.54. The van der Waals surface area contributed by atoms with Crippen LogP contribution in [0.25, 0.3) is 0 Å². The highest BCUT2D eigenvalue weighted by molar-refractivity contribution is 5.34. The molecule has 0 radical (unpaired) electrons. The van der Waals surface area contributed by atoms with E-state index >= 15 is 0 Å². The first-order valence-electron chi connectivity index (χ1n) is 7.12. The lowest BCUT2D eigenvalue weighted by Crippen LogP contribution is -2.26. The van der Waals surface area contributed by atoms with Crippen LogP contribution in [0.2, 0.25) is 0 Å². The Morgan fingerprint density at radius 2 is 1.79 bits per heavy atom. The van der Waals surface area contributed by atoms with E-state index in [4.69, 9.17) is 5.26 Å². The smallest absolute Gasteiger partial charge is 0.145 e. The quantitative estimate of drug-likeness (QED) is 0.705. The summed E-state index contributed by atoms with van der Waals surface area (Å²) >= 11 is 0. The van der Waals surface area contributed by atoms with E-state index in [2.05, 4.69) is 18.7 Å². The fourth-order valence-electron chi connectivity index (χ4n) is 2.06. The lowest BCUT2D eigenvalue weighted by Gasteiger charge is -2.22. The van der Waals surface area contributed by atoms with E-state index in [1.165, 1.54) is 6.07 Å². The van der Waals surface area contributed by atoms with E-state index in [1.807, 2.05) is 6.07 Å². The van der Waals surface area contributed by atoms with Gasteiger partial charge < -0.3 is 0 Å². The third-order valence-corrected chi connectivity index (χ3v) is 3.25. The monoisotopic (exact) mass is 262 g/mol. The number of unbranched alkanes of at least 4 members (excludes halogenated alkanes) is 2. The Balaban J connectivity index is 2.74. The molecule has 0 unspecified atom stereocenters. The van der Waals surface area contributed by atoms with Crippen LogP contribution in [0, 0.1) is 17.1 Å². The molecule has 0 atom stereocenters. The molecule has 0 aliphatic rings. The Labute approximate surface area is 115 Å². The summed E-state index contributed by atoms with van der Waals surface area (Å²) in [5.41, 5.74) is 0.773. The van der Waals surface area contributed by atoms with Gasteiger partial charge in [-0.1, -0.05) is 38.8 Å². The highest BCUT2D eigenvalue weighted by atomic mass is 19.1. The first-order valence-corrected chi connectivity index (χ1v) is 7.12. The SMILES string of the molecule is CCCCN(CCCC)Cc1cccc(C#N)c1F. The van der Waals surface area contributed by atoms with Gasteiger partial charge in [0.15, 0.2) is 0 Å². The summed E-state index contributed by atoms with van der Waals surface area (Å²) in [4.78, 5) is 2.28. The Bertz CT molecular complexity index is 415. The molecule has 0 saturated carbocycles. The third kappa shape index (κ3) is 5.00. The zero-order chi connectivity index (χ0) is 14.1. The summed E-state index contributed by atoms with van der Waals surface area (Å²) in [7, 11) is 0. The second-order valence-corrected chi connectivity index (χ2v) is 4.87. The van der Waals surface area contributed by atoms with Gasteiger partial charge >= 0.3 is 0 Å². The molecule has 1 aromatic rings. The Morgan fingerprint density at radius 3 is 2.32 bits per heavy atom. The van der Waals surface area contributed by atoms with Gasteiger partial charge in [0, 0.05) is 12.1 Å². The van der Waals surface area contributed by atoms with Crippen molar-refractivity contribution in [1.82, 2.24) is 4.90 Å². The predicted molar refractivity (Wildman–Crippen MR) is 76.2 cm³/mol. The molecule has 3 heteroatoms. The molecule has 0 spiro atoms. The van der Waals surface area contributed by atoms with Crippen LogP contribution in [0.1, 0.15) is 50.7 Å². The summed E-state index contributed by atoms with van der Waals surface area (Å²) in [5, 5.41) is 8.86. The minimum Gasteiger partial charge on any atom is -0.299 e. The average molecular weight is 262 g/mol. The normalized spacial score (nSPS) is 10.7. The lowest BCUT2D eigenvalue weighted by molar-refractivity contribution is 0.253. The van der Waals surface area contributed by atoms with Crippen molar-refractivity contribution in [1.29, 1.82) is 5.26 Å². The molecule has 104 valence electrons. The number of nitriles is 1. The highest BCUT2D eigenvalue weighted by Crippen LogP contribution is 2.15. The van der Waals surface area contributed by atoms with Crippen LogP contribution >= 0.6 is 0 Å². The molecular formula is C16H23FN2. The van der Waals surface area contributed by atoms with Crippen molar-refractivity contribution in [3.63, 3.8) is 0 Å². The van der Waals surface area contributed by atoms with Gasteiger partial charge in [-0.05, 0) is 32.0 Å². The van der Waals surface area contributed by atoms with Crippen LogP contribution in [0.4, 0.5) is 4.39 Å². The third-order valence-electron chi connectivity index (χ3n) is 3.25. The van der Waals surface area contributed by atoms with Crippen molar-refractivity contribution >= 4 is 0 Å². The van der Waals surface area contributed by atoms with Crippen molar-refractivity contribution in [3.05, 3.63) is 35.1 Å². The maximum atomic E-state index is 14.0. The molecule has 0 aliphatic heterocycles. The van der Waals surface area contributed by atoms with Gasteiger partial charge in [-0.25, -0.2) is 4.39 Å². The number of halogens is 1. The van der Waals surface area contributed by atoms with Gasteiger partial charge in [-0.3, -0.25) is 4.90 Å². The van der Waals surface area contributed by atoms with E-state index in [0.717, 1.165) is 38.8 Å². The second kappa shape index (κ2) is 8.66. The standard InChI is InChI=1S/C16H23FN2/c1-3-5-10-19(11-6-4-2)13-15-9-7-8-14(12-18)16(15)17/h7-9H,3-6,10-11,13H2,1-2H3. The van der Waals surface area contributed by atoms with Crippen molar-refractivity contribution in [2.75, 3.05) is 13.1 Å². The minimum absolute atomic E-state index is 0.142. The largest absolute Gasteiger partial charge is 0.299 e. The van der Waals surface area contributed by atoms with Crippen LogP contribution in [-0.4, -0.2) is 18.0 Å². The maximum Gasteiger partial charge on any atom is 0.145 e. The van der Waals surface area contributed by atoms with E-state index in [9.17, 15) is 4.39 Å². The number of hydrogen-bond acceptors (Lipinski definition) is 2. The average Bonchev–Trinajstić information content (AvgIpc) is 2.43. The van der Waals surface area contributed by atoms with Gasteiger partial charge in [0.1, 0.15) is 11.9 Å². The fraction of sp³-hybridized carbons (Fsp3) is 0.562. The van der Waals surface area contributed by atoms with Crippen LogP contribution < -0.4 is 0 Å². The molecule has 2 nitrogen and oxygen atoms in total. The molecule has 0 amide bonds. The van der Waals surface area contributed by atoms with Crippen LogP contribution in [-0.2, 0) is 6.54 Å². The minimum atomic E-state index is -0.358. The van der Waals surface area contributed by atoms with Gasteiger partial charge in [0.25, 0.3) is 0 Å². The van der Waals surface area contributed by atoms with Crippen LogP contribution in [0.3, 0.4) is 0 Å². The van der Waals surface area contributed by atoms with Gasteiger partial charge in [0.2, 0.25) is 0 Å². The molecule has 1 rings (SSSR count). The first-order chi connectivity index (χ1) is 9.22. The summed E-state index contributed by atoms with van der Waals surface area (Å²) in [5.74, 6) is -0.358. The molecule has 0 aromatic heterocycles. The van der Waals surface area contributed by atoms with Crippen molar-refractivity contribution in [3.8, 4) is 6.07 Å². The number of rotatable bonds is 8. The molecule has 0 heterocycles. The second-order valence-electron chi connectivity index (χ2n) is 4.87.